The van der Waals surface area contributed by atoms with E-state index < -0.39 is 5.91 Å². The number of benzene rings is 1. The maximum atomic E-state index is 11.9. The lowest BCUT2D eigenvalue weighted by atomic mass is 10.1. The number of anilines is 1. The van der Waals surface area contributed by atoms with Gasteiger partial charge in [-0.25, -0.2) is 9.67 Å². The Labute approximate surface area is 138 Å². The summed E-state index contributed by atoms with van der Waals surface area (Å²) in [5.41, 5.74) is 14.1. The minimum atomic E-state index is -0.688. The van der Waals surface area contributed by atoms with Gasteiger partial charge in [0.25, 0.3) is 5.91 Å². The topological polar surface area (TPSA) is 125 Å². The first-order chi connectivity index (χ1) is 11.3. The van der Waals surface area contributed by atoms with Gasteiger partial charge in [-0.05, 0) is 25.5 Å². The third-order valence-corrected chi connectivity index (χ3v) is 4.02. The van der Waals surface area contributed by atoms with Crippen LogP contribution in [0.15, 0.2) is 24.5 Å². The van der Waals surface area contributed by atoms with Gasteiger partial charge in [0.15, 0.2) is 5.82 Å². The smallest absolute Gasteiger partial charge is 0.254 e. The van der Waals surface area contributed by atoms with Gasteiger partial charge < -0.3 is 21.1 Å². The fraction of sp³-hybridized carbons (Fsp3) is 0.188. The van der Waals surface area contributed by atoms with E-state index in [1.807, 2.05) is 6.92 Å². The largest absolute Gasteiger partial charge is 0.508 e. The second-order valence-electron chi connectivity index (χ2n) is 5.62. The van der Waals surface area contributed by atoms with Crippen LogP contribution < -0.4 is 11.5 Å². The molecule has 2 heterocycles. The molecule has 0 fully saturated rings. The second-order valence-corrected chi connectivity index (χ2v) is 5.62. The highest BCUT2D eigenvalue weighted by atomic mass is 16.3. The number of imidazole rings is 1. The average molecular weight is 326 g/mol. The van der Waals surface area contributed by atoms with Gasteiger partial charge in [-0.15, -0.1) is 0 Å². The van der Waals surface area contributed by atoms with Gasteiger partial charge in [0.1, 0.15) is 22.8 Å². The molecule has 24 heavy (non-hydrogen) atoms. The Bertz CT molecular complexity index is 954. The summed E-state index contributed by atoms with van der Waals surface area (Å²) < 4.78 is 3.15. The van der Waals surface area contributed by atoms with Crippen molar-refractivity contribution < 1.29 is 9.90 Å². The molecule has 0 aliphatic heterocycles. The molecule has 8 nitrogen and oxygen atoms in total. The van der Waals surface area contributed by atoms with Gasteiger partial charge in [0.05, 0.1) is 5.69 Å². The fourth-order valence-electron chi connectivity index (χ4n) is 2.75. The number of amides is 1. The number of aromatic hydroxyl groups is 1. The number of hydrogen-bond donors (Lipinski definition) is 3. The maximum absolute atomic E-state index is 11.9. The SMILES string of the molecule is Cc1ccc(O)c(C)c1-n1nc(-c2nccn2C)c(C(N)=O)c1N. The van der Waals surface area contributed by atoms with Crippen LogP contribution in [0.3, 0.4) is 0 Å². The highest BCUT2D eigenvalue weighted by Gasteiger charge is 2.26. The van der Waals surface area contributed by atoms with E-state index in [-0.39, 0.29) is 17.1 Å². The Hall–Kier alpha value is -3.29. The van der Waals surface area contributed by atoms with Crippen LogP contribution in [0.4, 0.5) is 5.82 Å². The zero-order valence-corrected chi connectivity index (χ0v) is 13.6. The molecule has 1 aromatic carbocycles. The number of carbonyl (C=O) groups excluding carboxylic acids is 1. The zero-order valence-electron chi connectivity index (χ0n) is 13.6. The Balaban J connectivity index is 2.35. The predicted octanol–water partition coefficient (Wildman–Crippen LogP) is 1.28. The van der Waals surface area contributed by atoms with Crippen molar-refractivity contribution in [3.8, 4) is 23.0 Å². The average Bonchev–Trinajstić information content (AvgIpc) is 3.07. The number of nitrogens with zero attached hydrogens (tertiary/aromatic N) is 4. The molecular weight excluding hydrogens is 308 g/mol. The van der Waals surface area contributed by atoms with Crippen LogP contribution in [0.25, 0.3) is 17.2 Å². The van der Waals surface area contributed by atoms with E-state index in [1.165, 1.54) is 4.68 Å². The third kappa shape index (κ3) is 2.19. The lowest BCUT2D eigenvalue weighted by molar-refractivity contribution is 0.100. The van der Waals surface area contributed by atoms with Crippen LogP contribution in [0.1, 0.15) is 21.5 Å². The molecule has 3 aromatic rings. The first kappa shape index (κ1) is 15.6. The molecule has 0 radical (unpaired) electrons. The van der Waals surface area contributed by atoms with Crippen molar-refractivity contribution in [2.75, 3.05) is 5.73 Å². The molecule has 0 saturated heterocycles. The van der Waals surface area contributed by atoms with Gasteiger partial charge >= 0.3 is 0 Å². The van der Waals surface area contributed by atoms with Crippen molar-refractivity contribution in [1.29, 1.82) is 0 Å². The van der Waals surface area contributed by atoms with E-state index in [2.05, 4.69) is 10.1 Å². The number of carbonyl (C=O) groups is 1. The number of aryl methyl sites for hydroxylation is 2. The van der Waals surface area contributed by atoms with Gasteiger partial charge in [0.2, 0.25) is 0 Å². The van der Waals surface area contributed by atoms with E-state index >= 15 is 0 Å². The van der Waals surface area contributed by atoms with E-state index in [9.17, 15) is 9.90 Å². The number of phenols is 1. The summed E-state index contributed by atoms with van der Waals surface area (Å²) in [7, 11) is 1.78. The summed E-state index contributed by atoms with van der Waals surface area (Å²) in [5, 5.41) is 14.5. The molecule has 0 aliphatic carbocycles. The summed E-state index contributed by atoms with van der Waals surface area (Å²) in [6, 6.07) is 3.35. The van der Waals surface area contributed by atoms with Crippen molar-refractivity contribution in [3.63, 3.8) is 0 Å². The summed E-state index contributed by atoms with van der Waals surface area (Å²) in [4.78, 5) is 16.1. The fourth-order valence-corrected chi connectivity index (χ4v) is 2.75. The van der Waals surface area contributed by atoms with E-state index in [0.717, 1.165) is 5.56 Å². The Morgan fingerprint density at radius 2 is 2.00 bits per heavy atom. The number of rotatable bonds is 3. The lowest BCUT2D eigenvalue weighted by Gasteiger charge is -2.12. The predicted molar refractivity (Wildman–Crippen MR) is 89.8 cm³/mol. The molecule has 0 spiro atoms. The van der Waals surface area contributed by atoms with Crippen LogP contribution in [0.2, 0.25) is 0 Å². The number of phenolic OH excluding ortho intramolecular Hbond substituents is 1. The molecular formula is C16H18N6O2. The van der Waals surface area contributed by atoms with Gasteiger partial charge in [-0.2, -0.15) is 5.10 Å². The molecule has 0 aliphatic rings. The summed E-state index contributed by atoms with van der Waals surface area (Å²) >= 11 is 0. The molecule has 1 amide bonds. The molecule has 124 valence electrons. The van der Waals surface area contributed by atoms with Crippen molar-refractivity contribution in [3.05, 3.63) is 41.2 Å². The zero-order chi connectivity index (χ0) is 17.6. The summed E-state index contributed by atoms with van der Waals surface area (Å²) in [5.74, 6) is 0.0129. The second kappa shape index (κ2) is 5.41. The van der Waals surface area contributed by atoms with Gasteiger partial charge in [-0.3, -0.25) is 4.79 Å². The molecule has 3 rings (SSSR count). The number of hydrogen-bond acceptors (Lipinski definition) is 5. The van der Waals surface area contributed by atoms with Crippen molar-refractivity contribution in [1.82, 2.24) is 19.3 Å². The normalized spacial score (nSPS) is 11.0. The standard InChI is InChI=1S/C16H18N6O2/c1-8-4-5-10(23)9(2)13(8)22-14(17)11(15(18)24)12(20-22)16-19-6-7-21(16)3/h4-7,23H,17H2,1-3H3,(H2,18,24). The molecule has 8 heteroatoms. The summed E-state index contributed by atoms with van der Waals surface area (Å²) in [6.07, 6.45) is 3.33. The first-order valence-electron chi connectivity index (χ1n) is 7.28. The molecule has 0 saturated carbocycles. The Morgan fingerprint density at radius 3 is 2.58 bits per heavy atom. The monoisotopic (exact) mass is 326 g/mol. The van der Waals surface area contributed by atoms with Gasteiger partial charge in [0, 0.05) is 25.0 Å². The molecule has 5 N–H and O–H groups in total. The van der Waals surface area contributed by atoms with Crippen molar-refractivity contribution >= 4 is 11.7 Å². The molecule has 0 bridgehead atoms. The number of nitrogens with two attached hydrogens (primary N) is 2. The van der Waals surface area contributed by atoms with Crippen LogP contribution in [0, 0.1) is 13.8 Å². The highest BCUT2D eigenvalue weighted by molar-refractivity contribution is 6.03. The van der Waals surface area contributed by atoms with Crippen LogP contribution in [-0.4, -0.2) is 30.3 Å². The highest BCUT2D eigenvalue weighted by Crippen LogP contribution is 2.32. The van der Waals surface area contributed by atoms with Crippen molar-refractivity contribution in [2.45, 2.75) is 13.8 Å². The maximum Gasteiger partial charge on any atom is 0.254 e. The van der Waals surface area contributed by atoms with E-state index in [4.69, 9.17) is 11.5 Å². The van der Waals surface area contributed by atoms with Crippen molar-refractivity contribution in [2.24, 2.45) is 12.8 Å². The van der Waals surface area contributed by atoms with E-state index in [1.54, 1.807) is 43.1 Å². The first-order valence-corrected chi connectivity index (χ1v) is 7.28. The van der Waals surface area contributed by atoms with E-state index in [0.29, 0.717) is 22.8 Å². The van der Waals surface area contributed by atoms with Crippen LogP contribution in [0.5, 0.6) is 5.75 Å². The quantitative estimate of drug-likeness (QED) is 0.668. The number of nitrogen functional groups attached to an aromatic ring is 1. The number of aromatic nitrogens is 4. The number of primary amides is 1. The van der Waals surface area contributed by atoms with Gasteiger partial charge in [-0.1, -0.05) is 6.07 Å². The minimum Gasteiger partial charge on any atom is -0.508 e. The minimum absolute atomic E-state index is 0.103. The molecule has 0 atom stereocenters. The Morgan fingerprint density at radius 1 is 1.29 bits per heavy atom. The van der Waals surface area contributed by atoms with Crippen LogP contribution in [-0.2, 0) is 7.05 Å². The van der Waals surface area contributed by atoms with Crippen LogP contribution >= 0.6 is 0 Å². The summed E-state index contributed by atoms with van der Waals surface area (Å²) in [6.45, 7) is 3.62. The molecule has 0 unspecified atom stereocenters. The third-order valence-electron chi connectivity index (χ3n) is 4.02. The lowest BCUT2D eigenvalue weighted by Crippen LogP contribution is -2.15. The molecule has 2 aromatic heterocycles. The Kier molecular flexibility index (Phi) is 3.52.